The number of nitrogens with zero attached hydrogens (tertiary/aromatic N) is 2. The summed E-state index contributed by atoms with van der Waals surface area (Å²) in [5, 5.41) is 9.98. The van der Waals surface area contributed by atoms with Crippen LogP contribution in [-0.2, 0) is 11.3 Å². The van der Waals surface area contributed by atoms with Crippen LogP contribution in [0.2, 0.25) is 0 Å². The number of rotatable bonds is 10. The third kappa shape index (κ3) is 5.31. The molecular weight excluding hydrogens is 469 g/mol. The maximum atomic E-state index is 14.1. The number of methoxy groups -OCH3 is 2. The van der Waals surface area contributed by atoms with Crippen LogP contribution in [0, 0.1) is 11.7 Å². The molecule has 0 aliphatic carbocycles. The van der Waals surface area contributed by atoms with E-state index in [1.807, 2.05) is 54.4 Å². The van der Waals surface area contributed by atoms with Crippen molar-refractivity contribution in [3.05, 3.63) is 89.7 Å². The van der Waals surface area contributed by atoms with E-state index in [-0.39, 0.29) is 24.2 Å². The van der Waals surface area contributed by atoms with Crippen molar-refractivity contribution in [2.75, 3.05) is 19.2 Å². The van der Waals surface area contributed by atoms with Crippen LogP contribution in [0.1, 0.15) is 44.2 Å². The largest absolute Gasteiger partial charge is 0.497 e. The number of hydrogen-bond donors (Lipinski definition) is 1. The van der Waals surface area contributed by atoms with Gasteiger partial charge < -0.3 is 14.8 Å². The van der Waals surface area contributed by atoms with Crippen molar-refractivity contribution in [1.82, 2.24) is 5.32 Å². The lowest BCUT2D eigenvalue weighted by Crippen LogP contribution is -2.57. The molecule has 1 aliphatic heterocycles. The molecule has 1 N–H and O–H groups in total. The average molecular weight is 504 g/mol. The molecule has 1 heterocycles. The van der Waals surface area contributed by atoms with Crippen molar-refractivity contribution < 1.29 is 18.7 Å². The summed E-state index contributed by atoms with van der Waals surface area (Å²) in [4.78, 5) is 14.1. The Bertz CT molecular complexity index is 1250. The highest BCUT2D eigenvalue weighted by atomic mass is 19.1. The molecule has 0 saturated carbocycles. The van der Waals surface area contributed by atoms with Crippen LogP contribution in [-0.4, -0.2) is 31.4 Å². The van der Waals surface area contributed by atoms with Crippen molar-refractivity contribution in [3.8, 4) is 11.5 Å². The van der Waals surface area contributed by atoms with Crippen LogP contribution in [0.4, 0.5) is 10.1 Å². The standard InChI is InChI=1S/C30H34FN3O3/c1-5-6-12-26-28(21-13-16-23(31)17-14-21)33-34(24-10-8-7-9-11-24)30(26,2)29(35)32-20-22-15-18-25(36-3)19-27(22)37-4/h7-11,13-19,26H,5-6,12,20H2,1-4H3,(H,32,35). The zero-order chi connectivity index (χ0) is 26.4. The van der Waals surface area contributed by atoms with Crippen LogP contribution >= 0.6 is 0 Å². The molecule has 3 aromatic rings. The summed E-state index contributed by atoms with van der Waals surface area (Å²) in [6, 6.07) is 21.6. The minimum absolute atomic E-state index is 0.142. The lowest BCUT2D eigenvalue weighted by Gasteiger charge is -2.37. The lowest BCUT2D eigenvalue weighted by molar-refractivity contribution is -0.127. The molecule has 3 aromatic carbocycles. The molecule has 0 aromatic heterocycles. The first-order chi connectivity index (χ1) is 17.9. The molecule has 37 heavy (non-hydrogen) atoms. The molecule has 4 rings (SSSR count). The smallest absolute Gasteiger partial charge is 0.248 e. The number of ether oxygens (including phenoxy) is 2. The second-order valence-corrected chi connectivity index (χ2v) is 9.34. The number of nitrogens with one attached hydrogen (secondary N) is 1. The zero-order valence-corrected chi connectivity index (χ0v) is 21.8. The van der Waals surface area contributed by atoms with Crippen molar-refractivity contribution in [3.63, 3.8) is 0 Å². The first kappa shape index (κ1) is 26.2. The van der Waals surface area contributed by atoms with E-state index in [1.165, 1.54) is 12.1 Å². The maximum Gasteiger partial charge on any atom is 0.248 e. The molecule has 0 spiro atoms. The highest BCUT2D eigenvalue weighted by Crippen LogP contribution is 2.42. The number of hydrogen-bond acceptors (Lipinski definition) is 5. The average Bonchev–Trinajstić information content (AvgIpc) is 3.24. The predicted molar refractivity (Wildman–Crippen MR) is 145 cm³/mol. The SMILES string of the molecule is CCCCC1C(c2ccc(F)cc2)=NN(c2ccccc2)C1(C)C(=O)NCc1ccc(OC)cc1OC. The van der Waals surface area contributed by atoms with E-state index >= 15 is 0 Å². The minimum atomic E-state index is -1.00. The van der Waals surface area contributed by atoms with Gasteiger partial charge >= 0.3 is 0 Å². The number of anilines is 1. The fourth-order valence-electron chi connectivity index (χ4n) is 4.90. The summed E-state index contributed by atoms with van der Waals surface area (Å²) in [7, 11) is 3.20. The number of amides is 1. The van der Waals surface area contributed by atoms with Gasteiger partial charge in [-0.15, -0.1) is 0 Å². The van der Waals surface area contributed by atoms with Crippen LogP contribution in [0.5, 0.6) is 11.5 Å². The lowest BCUT2D eigenvalue weighted by atomic mass is 9.77. The zero-order valence-electron chi connectivity index (χ0n) is 21.8. The molecule has 2 atom stereocenters. The van der Waals surface area contributed by atoms with E-state index in [4.69, 9.17) is 14.6 Å². The summed E-state index contributed by atoms with van der Waals surface area (Å²) >= 11 is 0. The van der Waals surface area contributed by atoms with Gasteiger partial charge in [0.15, 0.2) is 0 Å². The predicted octanol–water partition coefficient (Wildman–Crippen LogP) is 5.95. The summed E-state index contributed by atoms with van der Waals surface area (Å²) in [5.41, 5.74) is 2.27. The first-order valence-corrected chi connectivity index (χ1v) is 12.6. The van der Waals surface area contributed by atoms with Crippen molar-refractivity contribution in [1.29, 1.82) is 0 Å². The second kappa shape index (κ2) is 11.5. The fraction of sp³-hybridized carbons (Fsp3) is 0.333. The molecular formula is C30H34FN3O3. The van der Waals surface area contributed by atoms with E-state index in [0.29, 0.717) is 11.5 Å². The van der Waals surface area contributed by atoms with E-state index in [2.05, 4.69) is 12.2 Å². The highest BCUT2D eigenvalue weighted by molar-refractivity contribution is 6.10. The Morgan fingerprint density at radius 3 is 2.43 bits per heavy atom. The quantitative estimate of drug-likeness (QED) is 0.371. The van der Waals surface area contributed by atoms with Crippen molar-refractivity contribution in [2.24, 2.45) is 11.0 Å². The molecule has 7 heteroatoms. The highest BCUT2D eigenvalue weighted by Gasteiger charge is 2.53. The van der Waals surface area contributed by atoms with Gasteiger partial charge in [0.25, 0.3) is 0 Å². The number of hydrazone groups is 1. The molecule has 194 valence electrons. The van der Waals surface area contributed by atoms with Gasteiger partial charge in [-0.05, 0) is 55.3 Å². The normalized spacial score (nSPS) is 18.9. The number of carbonyl (C=O) groups is 1. The molecule has 0 fully saturated rings. The molecule has 0 bridgehead atoms. The summed E-state index contributed by atoms with van der Waals surface area (Å²) in [6.07, 6.45) is 2.69. The van der Waals surface area contributed by atoms with E-state index in [9.17, 15) is 9.18 Å². The van der Waals surface area contributed by atoms with Gasteiger partial charge in [0.1, 0.15) is 22.9 Å². The maximum absolute atomic E-state index is 14.1. The van der Waals surface area contributed by atoms with Crippen LogP contribution in [0.15, 0.2) is 77.9 Å². The van der Waals surface area contributed by atoms with Crippen molar-refractivity contribution in [2.45, 2.75) is 45.2 Å². The Hall–Kier alpha value is -3.87. The fourth-order valence-corrected chi connectivity index (χ4v) is 4.90. The number of para-hydroxylation sites is 1. The summed E-state index contributed by atoms with van der Waals surface area (Å²) in [5.74, 6) is 0.678. The second-order valence-electron chi connectivity index (χ2n) is 9.34. The van der Waals surface area contributed by atoms with Crippen LogP contribution in [0.3, 0.4) is 0 Å². The first-order valence-electron chi connectivity index (χ1n) is 12.6. The van der Waals surface area contributed by atoms with Gasteiger partial charge in [-0.3, -0.25) is 4.79 Å². The Morgan fingerprint density at radius 1 is 1.05 bits per heavy atom. The molecule has 1 aliphatic rings. The van der Waals surface area contributed by atoms with Crippen LogP contribution < -0.4 is 19.8 Å². The Labute approximate surface area is 218 Å². The molecule has 0 saturated heterocycles. The van der Waals surface area contributed by atoms with Crippen LogP contribution in [0.25, 0.3) is 0 Å². The Morgan fingerprint density at radius 2 is 1.78 bits per heavy atom. The minimum Gasteiger partial charge on any atom is -0.497 e. The molecule has 2 unspecified atom stereocenters. The number of benzene rings is 3. The Balaban J connectivity index is 1.72. The number of halogens is 1. The van der Waals surface area contributed by atoms with E-state index in [1.54, 1.807) is 32.4 Å². The monoisotopic (exact) mass is 503 g/mol. The third-order valence-electron chi connectivity index (χ3n) is 7.04. The van der Waals surface area contributed by atoms with E-state index < -0.39 is 5.54 Å². The summed E-state index contributed by atoms with van der Waals surface area (Å²) in [6.45, 7) is 4.36. The van der Waals surface area contributed by atoms with Gasteiger partial charge in [0, 0.05) is 24.1 Å². The Kier molecular flexibility index (Phi) is 8.11. The van der Waals surface area contributed by atoms with Gasteiger partial charge in [0.2, 0.25) is 5.91 Å². The van der Waals surface area contributed by atoms with Gasteiger partial charge in [-0.1, -0.05) is 50.1 Å². The molecule has 6 nitrogen and oxygen atoms in total. The molecule has 1 amide bonds. The molecule has 0 radical (unpaired) electrons. The topological polar surface area (TPSA) is 63.2 Å². The summed E-state index contributed by atoms with van der Waals surface area (Å²) < 4.78 is 24.6. The number of carbonyl (C=O) groups excluding carboxylic acids is 1. The van der Waals surface area contributed by atoms with E-state index in [0.717, 1.165) is 41.8 Å². The number of unbranched alkanes of at least 4 members (excludes halogenated alkanes) is 1. The van der Waals surface area contributed by atoms with Crippen molar-refractivity contribution >= 4 is 17.3 Å². The van der Waals surface area contributed by atoms with Gasteiger partial charge in [0.05, 0.1) is 25.6 Å². The third-order valence-corrected chi connectivity index (χ3v) is 7.04. The van der Waals surface area contributed by atoms with Gasteiger partial charge in [-0.2, -0.15) is 5.10 Å². The van der Waals surface area contributed by atoms with Gasteiger partial charge in [-0.25, -0.2) is 9.40 Å².